The van der Waals surface area contributed by atoms with Crippen LogP contribution in [0.15, 0.2) is 30.3 Å². The van der Waals surface area contributed by atoms with Crippen LogP contribution in [-0.4, -0.2) is 19.3 Å². The average molecular weight is 346 g/mol. The van der Waals surface area contributed by atoms with Crippen LogP contribution >= 0.6 is 11.6 Å². The SMILES string of the molecule is CCOc1ccc(Cl)cc1C1CC(=O)Nc2cc3c(cc21)OCO3. The lowest BCUT2D eigenvalue weighted by Gasteiger charge is -2.27. The highest BCUT2D eigenvalue weighted by Gasteiger charge is 2.31. The smallest absolute Gasteiger partial charge is 0.231 e. The van der Waals surface area contributed by atoms with Gasteiger partial charge in [-0.15, -0.1) is 0 Å². The summed E-state index contributed by atoms with van der Waals surface area (Å²) in [6.45, 7) is 2.66. The van der Waals surface area contributed by atoms with Crippen molar-refractivity contribution in [2.75, 3.05) is 18.7 Å². The summed E-state index contributed by atoms with van der Waals surface area (Å²) >= 11 is 6.19. The predicted molar refractivity (Wildman–Crippen MR) is 90.3 cm³/mol. The van der Waals surface area contributed by atoms with Crippen molar-refractivity contribution in [1.29, 1.82) is 0 Å². The first kappa shape index (κ1) is 15.1. The van der Waals surface area contributed by atoms with E-state index in [2.05, 4.69) is 5.32 Å². The van der Waals surface area contributed by atoms with E-state index in [0.717, 1.165) is 22.6 Å². The molecule has 4 rings (SSSR count). The fourth-order valence-electron chi connectivity index (χ4n) is 3.21. The monoisotopic (exact) mass is 345 g/mol. The number of benzene rings is 2. The molecule has 6 heteroatoms. The van der Waals surface area contributed by atoms with Gasteiger partial charge in [0.25, 0.3) is 0 Å². The van der Waals surface area contributed by atoms with Gasteiger partial charge in [0.05, 0.1) is 6.61 Å². The Labute approximate surface area is 144 Å². The van der Waals surface area contributed by atoms with Crippen LogP contribution in [0.1, 0.15) is 30.4 Å². The number of amides is 1. The molecule has 2 aliphatic rings. The number of halogens is 1. The van der Waals surface area contributed by atoms with Crippen LogP contribution in [0.25, 0.3) is 0 Å². The summed E-state index contributed by atoms with van der Waals surface area (Å²) in [6.07, 6.45) is 0.326. The Bertz CT molecular complexity index is 821. The van der Waals surface area contributed by atoms with Crippen molar-refractivity contribution in [3.63, 3.8) is 0 Å². The van der Waals surface area contributed by atoms with Gasteiger partial charge in [-0.1, -0.05) is 11.6 Å². The Kier molecular flexibility index (Phi) is 3.73. The molecule has 0 fully saturated rings. The van der Waals surface area contributed by atoms with Gasteiger partial charge in [0.2, 0.25) is 12.7 Å². The maximum atomic E-state index is 12.2. The fraction of sp³-hybridized carbons (Fsp3) is 0.278. The number of hydrogen-bond acceptors (Lipinski definition) is 4. The predicted octanol–water partition coefficient (Wildman–Crippen LogP) is 3.94. The molecule has 24 heavy (non-hydrogen) atoms. The molecule has 0 radical (unpaired) electrons. The molecule has 0 saturated heterocycles. The summed E-state index contributed by atoms with van der Waals surface area (Å²) in [4.78, 5) is 12.2. The molecule has 1 amide bonds. The van der Waals surface area contributed by atoms with E-state index >= 15 is 0 Å². The molecule has 0 aliphatic carbocycles. The summed E-state index contributed by atoms with van der Waals surface area (Å²) < 4.78 is 16.6. The lowest BCUT2D eigenvalue weighted by Crippen LogP contribution is -2.23. The first-order valence-electron chi connectivity index (χ1n) is 7.81. The minimum absolute atomic E-state index is 0.0474. The number of fused-ring (bicyclic) bond motifs is 2. The van der Waals surface area contributed by atoms with Crippen LogP contribution < -0.4 is 19.5 Å². The number of carbonyl (C=O) groups is 1. The molecule has 0 saturated carbocycles. The first-order valence-corrected chi connectivity index (χ1v) is 8.19. The van der Waals surface area contributed by atoms with Gasteiger partial charge >= 0.3 is 0 Å². The average Bonchev–Trinajstić information content (AvgIpc) is 3.01. The van der Waals surface area contributed by atoms with E-state index in [1.807, 2.05) is 31.2 Å². The van der Waals surface area contributed by atoms with Crippen molar-refractivity contribution in [1.82, 2.24) is 0 Å². The molecule has 2 aliphatic heterocycles. The zero-order valence-electron chi connectivity index (χ0n) is 13.1. The van der Waals surface area contributed by atoms with E-state index in [-0.39, 0.29) is 18.6 Å². The minimum atomic E-state index is -0.150. The Morgan fingerprint density at radius 3 is 2.79 bits per heavy atom. The zero-order chi connectivity index (χ0) is 16.7. The summed E-state index contributed by atoms with van der Waals surface area (Å²) in [7, 11) is 0. The molecular formula is C18H16ClNO4. The molecule has 0 bridgehead atoms. The molecule has 1 atom stereocenters. The van der Waals surface area contributed by atoms with E-state index in [0.29, 0.717) is 29.5 Å². The summed E-state index contributed by atoms with van der Waals surface area (Å²) in [5, 5.41) is 3.52. The molecule has 2 aromatic carbocycles. The van der Waals surface area contributed by atoms with E-state index in [1.165, 1.54) is 0 Å². The normalized spacial score (nSPS) is 18.1. The zero-order valence-corrected chi connectivity index (χ0v) is 13.9. The van der Waals surface area contributed by atoms with Crippen molar-refractivity contribution >= 4 is 23.2 Å². The third-order valence-corrected chi connectivity index (χ3v) is 4.47. The molecular weight excluding hydrogens is 330 g/mol. The van der Waals surface area contributed by atoms with Crippen LogP contribution in [0, 0.1) is 0 Å². The molecule has 5 nitrogen and oxygen atoms in total. The van der Waals surface area contributed by atoms with Gasteiger partial charge in [0.15, 0.2) is 11.5 Å². The van der Waals surface area contributed by atoms with Crippen molar-refractivity contribution in [3.8, 4) is 17.2 Å². The molecule has 0 aromatic heterocycles. The van der Waals surface area contributed by atoms with Crippen molar-refractivity contribution in [2.24, 2.45) is 0 Å². The maximum absolute atomic E-state index is 12.2. The lowest BCUT2D eigenvalue weighted by molar-refractivity contribution is -0.116. The highest BCUT2D eigenvalue weighted by molar-refractivity contribution is 6.30. The van der Waals surface area contributed by atoms with Crippen LogP contribution in [0.3, 0.4) is 0 Å². The fourth-order valence-corrected chi connectivity index (χ4v) is 3.39. The van der Waals surface area contributed by atoms with Crippen LogP contribution in [0.2, 0.25) is 5.02 Å². The standard InChI is InChI=1S/C18H16ClNO4/c1-2-22-15-4-3-10(19)5-13(15)11-7-18(21)20-14-8-17-16(6-12(11)14)23-9-24-17/h3-6,8,11H,2,7,9H2,1H3,(H,20,21). The Morgan fingerprint density at radius 1 is 1.21 bits per heavy atom. The van der Waals surface area contributed by atoms with Gasteiger partial charge in [-0.25, -0.2) is 0 Å². The number of anilines is 1. The Hall–Kier alpha value is -2.40. The van der Waals surface area contributed by atoms with Crippen molar-refractivity contribution in [3.05, 3.63) is 46.5 Å². The first-order chi connectivity index (χ1) is 11.7. The summed E-state index contributed by atoms with van der Waals surface area (Å²) in [5.74, 6) is 1.88. The van der Waals surface area contributed by atoms with Gasteiger partial charge < -0.3 is 19.5 Å². The van der Waals surface area contributed by atoms with Crippen LogP contribution in [0.4, 0.5) is 5.69 Å². The van der Waals surface area contributed by atoms with Gasteiger partial charge in [-0.05, 0) is 36.8 Å². The topological polar surface area (TPSA) is 56.8 Å². The Balaban J connectivity index is 1.86. The molecule has 1 N–H and O–H groups in total. The van der Waals surface area contributed by atoms with E-state index < -0.39 is 0 Å². The van der Waals surface area contributed by atoms with Gasteiger partial charge in [0.1, 0.15) is 5.75 Å². The van der Waals surface area contributed by atoms with Crippen molar-refractivity contribution in [2.45, 2.75) is 19.3 Å². The maximum Gasteiger partial charge on any atom is 0.231 e. The van der Waals surface area contributed by atoms with E-state index in [1.54, 1.807) is 6.07 Å². The second-order valence-electron chi connectivity index (χ2n) is 5.71. The van der Waals surface area contributed by atoms with Gasteiger partial charge in [-0.2, -0.15) is 0 Å². The highest BCUT2D eigenvalue weighted by atomic mass is 35.5. The molecule has 2 heterocycles. The number of carbonyl (C=O) groups excluding carboxylic acids is 1. The van der Waals surface area contributed by atoms with Gasteiger partial charge in [-0.3, -0.25) is 4.79 Å². The molecule has 124 valence electrons. The number of hydrogen-bond donors (Lipinski definition) is 1. The van der Waals surface area contributed by atoms with Crippen molar-refractivity contribution < 1.29 is 19.0 Å². The van der Waals surface area contributed by atoms with Crippen LogP contribution in [0.5, 0.6) is 17.2 Å². The summed E-state index contributed by atoms with van der Waals surface area (Å²) in [6, 6.07) is 9.25. The number of rotatable bonds is 3. The number of ether oxygens (including phenoxy) is 3. The third-order valence-electron chi connectivity index (χ3n) is 4.23. The second kappa shape index (κ2) is 5.91. The molecule has 2 aromatic rings. The van der Waals surface area contributed by atoms with Gasteiger partial charge in [0, 0.05) is 34.7 Å². The second-order valence-corrected chi connectivity index (χ2v) is 6.15. The van der Waals surface area contributed by atoms with Crippen LogP contribution in [-0.2, 0) is 4.79 Å². The largest absolute Gasteiger partial charge is 0.494 e. The van der Waals surface area contributed by atoms with E-state index in [4.69, 9.17) is 25.8 Å². The molecule has 0 spiro atoms. The van der Waals surface area contributed by atoms with E-state index in [9.17, 15) is 4.79 Å². The highest BCUT2D eigenvalue weighted by Crippen LogP contribution is 2.46. The summed E-state index contributed by atoms with van der Waals surface area (Å²) in [5.41, 5.74) is 2.62. The number of nitrogens with one attached hydrogen (secondary N) is 1. The minimum Gasteiger partial charge on any atom is -0.494 e. The quantitative estimate of drug-likeness (QED) is 0.915. The lowest BCUT2D eigenvalue weighted by atomic mass is 9.84. The third kappa shape index (κ3) is 2.55. The Morgan fingerprint density at radius 2 is 2.00 bits per heavy atom. The molecule has 1 unspecified atom stereocenters.